The van der Waals surface area contributed by atoms with Gasteiger partial charge in [0.25, 0.3) is 0 Å². The van der Waals surface area contributed by atoms with Gasteiger partial charge in [-0.2, -0.15) is 11.8 Å². The highest BCUT2D eigenvalue weighted by Gasteiger charge is 1.91. The van der Waals surface area contributed by atoms with Gasteiger partial charge in [-0.15, -0.1) is 0 Å². The zero-order valence-corrected chi connectivity index (χ0v) is 12.0. The van der Waals surface area contributed by atoms with Crippen molar-refractivity contribution in [2.24, 2.45) is 0 Å². The maximum Gasteiger partial charge on any atom is 0.00313 e. The topological polar surface area (TPSA) is 0 Å². The summed E-state index contributed by atoms with van der Waals surface area (Å²) in [5.74, 6) is 2.66. The zero-order chi connectivity index (χ0) is 10.5. The smallest absolute Gasteiger partial charge is 0.00313 e. The molecule has 0 amide bonds. The molecule has 0 aliphatic rings. The Morgan fingerprint density at radius 2 is 1.29 bits per heavy atom. The second kappa shape index (κ2) is 13.8. The van der Waals surface area contributed by atoms with Crippen molar-refractivity contribution in [3.05, 3.63) is 0 Å². The van der Waals surface area contributed by atoms with Crippen LogP contribution in [-0.2, 0) is 0 Å². The second-order valence-electron chi connectivity index (χ2n) is 3.71. The molecule has 0 N–H and O–H groups in total. The van der Waals surface area contributed by atoms with E-state index in [9.17, 15) is 0 Å². The molecular formula is C12H25BrS. The van der Waals surface area contributed by atoms with Gasteiger partial charge in [0.2, 0.25) is 0 Å². The molecule has 0 saturated heterocycles. The summed E-state index contributed by atoms with van der Waals surface area (Å²) < 4.78 is 0. The molecule has 0 aromatic rings. The normalized spacial score (nSPS) is 10.7. The van der Waals surface area contributed by atoms with Gasteiger partial charge in [0, 0.05) is 5.33 Å². The van der Waals surface area contributed by atoms with Crippen LogP contribution in [0.4, 0.5) is 0 Å². The largest absolute Gasteiger partial charge is 0.162 e. The Labute approximate surface area is 103 Å². The van der Waals surface area contributed by atoms with Crippen molar-refractivity contribution < 1.29 is 0 Å². The second-order valence-corrected chi connectivity index (χ2v) is 5.90. The van der Waals surface area contributed by atoms with E-state index in [0.29, 0.717) is 0 Å². The Morgan fingerprint density at radius 1 is 0.786 bits per heavy atom. The van der Waals surface area contributed by atoms with Crippen molar-refractivity contribution in [2.75, 3.05) is 16.8 Å². The Balaban J connectivity index is 2.78. The van der Waals surface area contributed by atoms with Gasteiger partial charge in [0.05, 0.1) is 0 Å². The zero-order valence-electron chi connectivity index (χ0n) is 9.56. The summed E-state index contributed by atoms with van der Waals surface area (Å²) in [5.41, 5.74) is 0. The lowest BCUT2D eigenvalue weighted by molar-refractivity contribution is 0.588. The van der Waals surface area contributed by atoms with E-state index in [4.69, 9.17) is 0 Å². The van der Waals surface area contributed by atoms with Crippen molar-refractivity contribution in [2.45, 2.75) is 58.3 Å². The van der Waals surface area contributed by atoms with E-state index in [1.807, 2.05) is 0 Å². The molecular weight excluding hydrogens is 256 g/mol. The molecule has 0 heterocycles. The van der Waals surface area contributed by atoms with E-state index < -0.39 is 0 Å². The van der Waals surface area contributed by atoms with E-state index in [2.05, 4.69) is 34.6 Å². The Morgan fingerprint density at radius 3 is 1.79 bits per heavy atom. The molecule has 86 valence electrons. The lowest BCUT2D eigenvalue weighted by Crippen LogP contribution is -1.84. The number of rotatable bonds is 11. The summed E-state index contributed by atoms with van der Waals surface area (Å²) in [5, 5.41) is 1.18. The number of thioether (sulfide) groups is 1. The molecule has 0 aliphatic carbocycles. The highest BCUT2D eigenvalue weighted by atomic mass is 79.9. The number of hydrogen-bond acceptors (Lipinski definition) is 1. The minimum Gasteiger partial charge on any atom is -0.162 e. The van der Waals surface area contributed by atoms with Crippen LogP contribution >= 0.6 is 27.7 Å². The summed E-state index contributed by atoms with van der Waals surface area (Å²) in [6.45, 7) is 2.24. The molecule has 0 fully saturated rings. The van der Waals surface area contributed by atoms with Gasteiger partial charge >= 0.3 is 0 Å². The third-order valence-corrected chi connectivity index (χ3v) is 3.92. The molecule has 0 atom stereocenters. The summed E-state index contributed by atoms with van der Waals surface area (Å²) in [6, 6.07) is 0. The first-order valence-electron chi connectivity index (χ1n) is 6.05. The van der Waals surface area contributed by atoms with Gasteiger partial charge in [-0.3, -0.25) is 0 Å². The van der Waals surface area contributed by atoms with Crippen LogP contribution in [0, 0.1) is 0 Å². The molecule has 0 aromatic heterocycles. The van der Waals surface area contributed by atoms with Gasteiger partial charge in [0.15, 0.2) is 0 Å². The molecule has 0 nitrogen and oxygen atoms in total. The average molecular weight is 281 g/mol. The predicted molar refractivity (Wildman–Crippen MR) is 73.7 cm³/mol. The third-order valence-electron chi connectivity index (χ3n) is 2.38. The summed E-state index contributed by atoms with van der Waals surface area (Å²) in [4.78, 5) is 0. The Kier molecular flexibility index (Phi) is 14.6. The van der Waals surface area contributed by atoms with Crippen LogP contribution in [0.15, 0.2) is 0 Å². The molecule has 0 rings (SSSR count). The van der Waals surface area contributed by atoms with Gasteiger partial charge < -0.3 is 0 Å². The molecule has 0 saturated carbocycles. The fraction of sp³-hybridized carbons (Fsp3) is 1.00. The lowest BCUT2D eigenvalue weighted by Gasteiger charge is -2.01. The van der Waals surface area contributed by atoms with Crippen LogP contribution in [0.2, 0.25) is 0 Å². The van der Waals surface area contributed by atoms with E-state index in [1.165, 1.54) is 68.2 Å². The van der Waals surface area contributed by atoms with Crippen LogP contribution in [0.1, 0.15) is 58.3 Å². The first-order valence-corrected chi connectivity index (χ1v) is 8.33. The van der Waals surface area contributed by atoms with Crippen LogP contribution < -0.4 is 0 Å². The molecule has 14 heavy (non-hydrogen) atoms. The van der Waals surface area contributed by atoms with E-state index >= 15 is 0 Å². The van der Waals surface area contributed by atoms with Crippen LogP contribution in [0.3, 0.4) is 0 Å². The van der Waals surface area contributed by atoms with E-state index in [-0.39, 0.29) is 0 Å². The van der Waals surface area contributed by atoms with E-state index in [1.54, 1.807) is 0 Å². The first-order chi connectivity index (χ1) is 6.91. The quantitative estimate of drug-likeness (QED) is 0.368. The highest BCUT2D eigenvalue weighted by molar-refractivity contribution is 9.09. The fourth-order valence-corrected chi connectivity index (χ4v) is 2.60. The van der Waals surface area contributed by atoms with Crippen molar-refractivity contribution in [3.63, 3.8) is 0 Å². The molecule has 0 radical (unpaired) electrons. The Hall–Kier alpha value is 0.830. The van der Waals surface area contributed by atoms with Gasteiger partial charge in [0.1, 0.15) is 0 Å². The van der Waals surface area contributed by atoms with E-state index in [0.717, 1.165) is 0 Å². The van der Waals surface area contributed by atoms with Gasteiger partial charge in [-0.05, 0) is 24.3 Å². The minimum atomic E-state index is 1.18. The first kappa shape index (κ1) is 14.8. The molecule has 2 heteroatoms. The van der Waals surface area contributed by atoms with Crippen molar-refractivity contribution >= 4 is 27.7 Å². The van der Waals surface area contributed by atoms with Crippen LogP contribution in [-0.4, -0.2) is 16.8 Å². The monoisotopic (exact) mass is 280 g/mol. The highest BCUT2D eigenvalue weighted by Crippen LogP contribution is 2.11. The Bertz CT molecular complexity index is 84.3. The maximum absolute atomic E-state index is 3.47. The average Bonchev–Trinajstić information content (AvgIpc) is 2.21. The predicted octanol–water partition coefficient (Wildman–Crippen LogP) is 5.26. The number of alkyl halides is 1. The van der Waals surface area contributed by atoms with Crippen LogP contribution in [0.25, 0.3) is 0 Å². The SMILES string of the molecule is CCSCCCCCCCCCCBr. The molecule has 0 spiro atoms. The van der Waals surface area contributed by atoms with Crippen LogP contribution in [0.5, 0.6) is 0 Å². The van der Waals surface area contributed by atoms with Gasteiger partial charge in [-0.1, -0.05) is 61.4 Å². The number of halogens is 1. The summed E-state index contributed by atoms with van der Waals surface area (Å²) >= 11 is 5.54. The lowest BCUT2D eigenvalue weighted by atomic mass is 10.1. The third kappa shape index (κ3) is 12.8. The number of unbranched alkanes of at least 4 members (excludes halogenated alkanes) is 7. The minimum absolute atomic E-state index is 1.18. The van der Waals surface area contributed by atoms with Crippen molar-refractivity contribution in [1.29, 1.82) is 0 Å². The molecule has 0 unspecified atom stereocenters. The molecule has 0 aromatic carbocycles. The maximum atomic E-state index is 3.47. The number of hydrogen-bond donors (Lipinski definition) is 0. The fourth-order valence-electron chi connectivity index (χ4n) is 1.50. The van der Waals surface area contributed by atoms with Gasteiger partial charge in [-0.25, -0.2) is 0 Å². The molecule has 0 bridgehead atoms. The van der Waals surface area contributed by atoms with Crippen molar-refractivity contribution in [3.8, 4) is 0 Å². The molecule has 0 aliphatic heterocycles. The summed E-state index contributed by atoms with van der Waals surface area (Å²) in [7, 11) is 0. The van der Waals surface area contributed by atoms with Crippen molar-refractivity contribution in [1.82, 2.24) is 0 Å². The standard InChI is InChI=1S/C12H25BrS/c1-2-14-12-10-8-6-4-3-5-7-9-11-13/h2-12H2,1H3. The summed E-state index contributed by atoms with van der Waals surface area (Å²) in [6.07, 6.45) is 11.5.